The first-order valence-electron chi connectivity index (χ1n) is 5.75. The van der Waals surface area contributed by atoms with Crippen LogP contribution in [-0.2, 0) is 0 Å². The summed E-state index contributed by atoms with van der Waals surface area (Å²) in [5, 5.41) is 0. The highest BCUT2D eigenvalue weighted by atomic mass is 14.2. The van der Waals surface area contributed by atoms with E-state index < -0.39 is 24.5 Å². The second-order valence-corrected chi connectivity index (χ2v) is 2.88. The lowest BCUT2D eigenvalue weighted by molar-refractivity contribution is 0.254. The van der Waals surface area contributed by atoms with Gasteiger partial charge < -0.3 is 0 Å². The molecule has 0 N–H and O–H groups in total. The van der Waals surface area contributed by atoms with Crippen molar-refractivity contribution >= 4 is 0 Å². The third kappa shape index (κ3) is 2.34. The molecule has 0 radical (unpaired) electrons. The van der Waals surface area contributed by atoms with Gasteiger partial charge in [-0.2, -0.15) is 0 Å². The van der Waals surface area contributed by atoms with Crippen LogP contribution < -0.4 is 0 Å². The Bertz CT molecular complexity index is 167. The summed E-state index contributed by atoms with van der Waals surface area (Å²) in [5.41, 5.74) is -0.948. The fourth-order valence-electron chi connectivity index (χ4n) is 0.375. The fraction of sp³-hybridized carbons (Fsp3) is 1.00. The molecule has 0 amide bonds. The molecule has 0 spiro atoms. The van der Waals surface area contributed by atoms with Gasteiger partial charge in [-0.1, -0.05) is 40.9 Å². The molecule has 0 aromatic carbocycles. The van der Waals surface area contributed by atoms with E-state index >= 15 is 0 Å². The molecule has 50 valence electrons. The van der Waals surface area contributed by atoms with Crippen LogP contribution in [0.2, 0.25) is 0 Å². The van der Waals surface area contributed by atoms with Crippen LogP contribution in [0.15, 0.2) is 0 Å². The number of hydrogen-bond acceptors (Lipinski definition) is 0. The monoisotopic (exact) mass is 120 g/mol. The normalized spacial score (nSPS) is 34.5. The van der Waals surface area contributed by atoms with Crippen LogP contribution >= 0.6 is 0 Å². The summed E-state index contributed by atoms with van der Waals surface area (Å²) in [7, 11) is 0. The lowest BCUT2D eigenvalue weighted by atomic mass is 9.81. The molecule has 8 heavy (non-hydrogen) atoms. The minimum atomic E-state index is -2.64. The van der Waals surface area contributed by atoms with Crippen molar-refractivity contribution in [2.45, 2.75) is 40.9 Å². The van der Waals surface area contributed by atoms with E-state index in [4.69, 9.17) is 8.22 Å². The largest absolute Gasteiger partial charge is 0.0651 e. The van der Waals surface area contributed by atoms with Gasteiger partial charge in [0.2, 0.25) is 0 Å². The molecule has 1 unspecified atom stereocenters. The Morgan fingerprint density at radius 1 is 1.75 bits per heavy atom. The quantitative estimate of drug-likeness (QED) is 0.499. The lowest BCUT2D eigenvalue weighted by Gasteiger charge is -2.25. The molecule has 0 saturated heterocycles. The van der Waals surface area contributed by atoms with Gasteiger partial charge in [-0.25, -0.2) is 0 Å². The molecule has 0 aliphatic carbocycles. The first kappa shape index (κ1) is 2.32. The summed E-state index contributed by atoms with van der Waals surface area (Å²) in [6.45, 7) is 3.25. The van der Waals surface area contributed by atoms with Gasteiger partial charge in [0.05, 0.1) is 0 Å². The predicted molar refractivity (Wildman–Crippen MR) is 38.9 cm³/mol. The zero-order valence-electron chi connectivity index (χ0n) is 12.0. The Hall–Kier alpha value is 0. The van der Waals surface area contributed by atoms with E-state index in [2.05, 4.69) is 0 Å². The summed E-state index contributed by atoms with van der Waals surface area (Å²) in [5.74, 6) is -2.10. The van der Waals surface area contributed by atoms with Crippen molar-refractivity contribution in [2.24, 2.45) is 11.3 Å². The molecular weight excluding hydrogens is 96.1 g/mol. The summed E-state index contributed by atoms with van der Waals surface area (Å²) < 4.78 is 44.9. The molecular formula is C8H18. The van der Waals surface area contributed by atoms with E-state index in [-0.39, 0.29) is 0 Å². The van der Waals surface area contributed by atoms with Crippen LogP contribution in [0.3, 0.4) is 0 Å². The molecule has 0 heterocycles. The van der Waals surface area contributed by atoms with Crippen LogP contribution in [0.1, 0.15) is 49.1 Å². The summed E-state index contributed by atoms with van der Waals surface area (Å²) >= 11 is 0. The van der Waals surface area contributed by atoms with Gasteiger partial charge >= 0.3 is 0 Å². The molecule has 0 aromatic heterocycles. The average molecular weight is 120 g/mol. The molecule has 0 rings (SSSR count). The minimum absolute atomic E-state index is 0.948. The highest BCUT2D eigenvalue weighted by molar-refractivity contribution is 4.67. The summed E-state index contributed by atoms with van der Waals surface area (Å²) in [6.07, 6.45) is -2.07. The zero-order chi connectivity index (χ0) is 12.0. The molecule has 0 fully saturated rings. The van der Waals surface area contributed by atoms with Crippen LogP contribution in [-0.4, -0.2) is 0 Å². The van der Waals surface area contributed by atoms with E-state index in [0.29, 0.717) is 0 Å². The molecule has 0 aliphatic heterocycles. The van der Waals surface area contributed by atoms with E-state index in [9.17, 15) is 0 Å². The second-order valence-electron chi connectivity index (χ2n) is 2.88. The van der Waals surface area contributed by atoms with Crippen LogP contribution in [0.4, 0.5) is 0 Å². The molecule has 0 aliphatic rings. The number of rotatable bonds is 1. The van der Waals surface area contributed by atoms with Gasteiger partial charge in [-0.05, 0) is 11.3 Å². The van der Waals surface area contributed by atoms with Gasteiger partial charge in [0.1, 0.15) is 0 Å². The average Bonchev–Trinajstić information content (AvgIpc) is 1.77. The predicted octanol–water partition coefficient (Wildman–Crippen LogP) is 3.08. The standard InChI is InChI=1S/C8H18/c1-6-7(2)8(3,4)5/h7H,6H2,1-5H3/i2D3,6D2,7D. The Morgan fingerprint density at radius 2 is 2.25 bits per heavy atom. The molecule has 0 saturated carbocycles. The maximum Gasteiger partial charge on any atom is 0.0305 e. The minimum Gasteiger partial charge on any atom is -0.0651 e. The van der Waals surface area contributed by atoms with Crippen LogP contribution in [0.5, 0.6) is 0 Å². The van der Waals surface area contributed by atoms with Crippen LogP contribution in [0.25, 0.3) is 0 Å². The third-order valence-electron chi connectivity index (χ3n) is 1.00. The van der Waals surface area contributed by atoms with E-state index in [1.807, 2.05) is 0 Å². The van der Waals surface area contributed by atoms with Crippen molar-refractivity contribution < 1.29 is 8.22 Å². The smallest absolute Gasteiger partial charge is 0.0305 e. The van der Waals surface area contributed by atoms with Crippen molar-refractivity contribution in [1.29, 1.82) is 0 Å². The third-order valence-corrected chi connectivity index (χ3v) is 1.00. The maximum absolute atomic E-state index is 7.94. The first-order valence-corrected chi connectivity index (χ1v) is 2.75. The van der Waals surface area contributed by atoms with Crippen molar-refractivity contribution in [3.8, 4) is 0 Å². The van der Waals surface area contributed by atoms with Gasteiger partial charge in [-0.3, -0.25) is 0 Å². The topological polar surface area (TPSA) is 0 Å². The summed E-state index contributed by atoms with van der Waals surface area (Å²) in [6, 6.07) is 0. The molecule has 0 aromatic rings. The van der Waals surface area contributed by atoms with E-state index in [1.54, 1.807) is 20.8 Å². The van der Waals surface area contributed by atoms with Crippen molar-refractivity contribution in [1.82, 2.24) is 0 Å². The molecule has 0 bridgehead atoms. The highest BCUT2D eigenvalue weighted by Gasteiger charge is 2.16. The van der Waals surface area contributed by atoms with E-state index in [1.165, 1.54) is 0 Å². The molecule has 1 atom stereocenters. The van der Waals surface area contributed by atoms with E-state index in [0.717, 1.165) is 6.92 Å². The van der Waals surface area contributed by atoms with Crippen molar-refractivity contribution in [3.05, 3.63) is 0 Å². The fourth-order valence-corrected chi connectivity index (χ4v) is 0.375. The van der Waals surface area contributed by atoms with Gasteiger partial charge in [0.15, 0.2) is 0 Å². The van der Waals surface area contributed by atoms with Gasteiger partial charge in [-0.15, -0.1) is 0 Å². The Kier molecular flexibility index (Phi) is 0.731. The zero-order valence-corrected chi connectivity index (χ0v) is 6.00. The Labute approximate surface area is 61.7 Å². The number of hydrogen-bond donors (Lipinski definition) is 0. The van der Waals surface area contributed by atoms with Gasteiger partial charge in [0.25, 0.3) is 0 Å². The lowest BCUT2D eigenvalue weighted by Crippen LogP contribution is -2.15. The maximum atomic E-state index is 7.94. The highest BCUT2D eigenvalue weighted by Crippen LogP contribution is 2.27. The van der Waals surface area contributed by atoms with Gasteiger partial charge in [0, 0.05) is 8.22 Å². The van der Waals surface area contributed by atoms with Crippen LogP contribution in [0, 0.1) is 11.3 Å². The Balaban J connectivity index is 5.54. The Morgan fingerprint density at radius 3 is 2.25 bits per heavy atom. The molecule has 0 nitrogen and oxygen atoms in total. The first-order chi connectivity index (χ1) is 5.75. The van der Waals surface area contributed by atoms with Crippen molar-refractivity contribution in [2.75, 3.05) is 0 Å². The molecule has 0 heteroatoms. The van der Waals surface area contributed by atoms with Crippen molar-refractivity contribution in [3.63, 3.8) is 0 Å². The summed E-state index contributed by atoms with van der Waals surface area (Å²) in [4.78, 5) is 0. The second kappa shape index (κ2) is 2.52. The SMILES string of the molecule is [2H]C([2H])([2H])C([2H])(C([2H])([2H])C)C(C)(C)C.